The lowest BCUT2D eigenvalue weighted by Crippen LogP contribution is -2.71. The highest BCUT2D eigenvalue weighted by Crippen LogP contribution is 2.55. The van der Waals surface area contributed by atoms with Gasteiger partial charge >= 0.3 is 5.91 Å². The molecule has 0 amide bonds. The number of halogens is 12. The Balaban J connectivity index is 1.29. The fraction of sp³-hybridized carbons (Fsp3) is 0.220. The van der Waals surface area contributed by atoms with Gasteiger partial charge in [-0.1, -0.05) is 59.0 Å². The molecule has 0 bridgehead atoms. The zero-order valence-corrected chi connectivity index (χ0v) is 32.8. The second-order valence-corrected chi connectivity index (χ2v) is 17.9. The first kappa shape index (κ1) is 39.0. The summed E-state index contributed by atoms with van der Waals surface area (Å²) in [5.74, 6) is -35.9. The first-order valence-corrected chi connectivity index (χ1v) is 21.2. The Hall–Kier alpha value is -6.65. The molecule has 8 heterocycles. The first-order valence-electron chi connectivity index (χ1n) is 19.5. The van der Waals surface area contributed by atoms with Crippen molar-refractivity contribution in [3.8, 4) is 0 Å². The maximum atomic E-state index is 16.4. The fourth-order valence-corrected chi connectivity index (χ4v) is 11.1. The molecule has 0 fully saturated rings. The number of aliphatic imine (C=N–C) groups is 2. The monoisotopic (exact) mass is 916 g/mol. The molecular weight excluding hydrogens is 897 g/mol. The molecule has 0 unspecified atom stereocenters. The number of fused-ring (bicyclic) bond motifs is 12. The number of benzene rings is 4. The fourth-order valence-electron chi connectivity index (χ4n) is 9.75. The highest BCUT2D eigenvalue weighted by atomic mass is 32.2. The zero-order chi connectivity index (χ0) is 45.0. The third kappa shape index (κ3) is 4.20. The second kappa shape index (κ2) is 12.3. The molecule has 23 heteroatoms. The maximum Gasteiger partial charge on any atom is 0.404 e. The van der Waals surface area contributed by atoms with E-state index in [4.69, 9.17) is 0 Å². The quantitative estimate of drug-likeness (QED) is 0.0520. The Labute approximate surface area is 348 Å². The van der Waals surface area contributed by atoms with E-state index in [-0.39, 0.29) is 27.8 Å². The smallest absolute Gasteiger partial charge is 0.224 e. The van der Waals surface area contributed by atoms with Gasteiger partial charge in [0.25, 0.3) is 23.3 Å². The van der Waals surface area contributed by atoms with Crippen LogP contribution >= 0.6 is 0 Å². The molecule has 1 spiro atoms. The van der Waals surface area contributed by atoms with Crippen LogP contribution in [0.15, 0.2) is 43.1 Å². The molecule has 0 aliphatic carbocycles. The molecule has 64 heavy (non-hydrogen) atoms. The number of amidine groups is 4. The van der Waals surface area contributed by atoms with Crippen molar-refractivity contribution in [2.75, 3.05) is 5.75 Å². The Bertz CT molecular complexity index is 3730. The van der Waals surface area contributed by atoms with Crippen LogP contribution in [0, 0.1) is 69.8 Å². The molecule has 12 rings (SSSR count). The number of hydrogen-bond acceptors (Lipinski definition) is 6. The predicted octanol–water partition coefficient (Wildman–Crippen LogP) is 7.51. The molecule has 0 N–H and O–H groups in total. The van der Waals surface area contributed by atoms with Crippen LogP contribution in [-0.2, 0) is 15.7 Å². The molecule has 2 aromatic heterocycles. The van der Waals surface area contributed by atoms with Gasteiger partial charge in [-0.25, -0.2) is 61.1 Å². The predicted molar refractivity (Wildman–Crippen MR) is 199 cm³/mol. The van der Waals surface area contributed by atoms with E-state index in [0.717, 1.165) is 36.3 Å². The van der Waals surface area contributed by atoms with Crippen LogP contribution in [0.2, 0.25) is 0 Å². The third-order valence-corrected chi connectivity index (χ3v) is 14.3. The Morgan fingerprint density at radius 3 is 1.45 bits per heavy atom. The van der Waals surface area contributed by atoms with Crippen molar-refractivity contribution in [1.29, 1.82) is 0 Å². The topological polar surface area (TPSA) is 99.5 Å². The van der Waals surface area contributed by atoms with Crippen LogP contribution in [0.1, 0.15) is 67.7 Å². The molecule has 4 aromatic carbocycles. The van der Waals surface area contributed by atoms with Crippen LogP contribution in [0.4, 0.5) is 64.3 Å². The van der Waals surface area contributed by atoms with Crippen LogP contribution in [-0.4, -0.2) is 55.8 Å². The molecule has 0 saturated heterocycles. The van der Waals surface area contributed by atoms with Crippen molar-refractivity contribution in [1.82, 2.24) is 9.13 Å². The lowest BCUT2D eigenvalue weighted by molar-refractivity contribution is -0.790. The lowest BCUT2D eigenvalue weighted by atomic mass is 10.1. The summed E-state index contributed by atoms with van der Waals surface area (Å²) < 4.78 is 220. The zero-order valence-electron chi connectivity index (χ0n) is 32.0. The Morgan fingerprint density at radius 2 is 0.953 bits per heavy atom. The minimum absolute atomic E-state index is 0.0861. The van der Waals surface area contributed by atoms with E-state index in [1.165, 1.54) is 12.1 Å². The van der Waals surface area contributed by atoms with Gasteiger partial charge in [0.1, 0.15) is 22.3 Å². The minimum Gasteiger partial charge on any atom is -0.224 e. The lowest BCUT2D eigenvalue weighted by Gasteiger charge is -2.40. The Kier molecular flexibility index (Phi) is 7.51. The van der Waals surface area contributed by atoms with Crippen molar-refractivity contribution < 1.29 is 70.3 Å². The van der Waals surface area contributed by atoms with Gasteiger partial charge in [0.05, 0.1) is 21.4 Å². The summed E-state index contributed by atoms with van der Waals surface area (Å²) in [6, 6.07) is 3.52. The van der Waals surface area contributed by atoms with Gasteiger partial charge in [0, 0.05) is 10.8 Å². The van der Waals surface area contributed by atoms with E-state index >= 15 is 52.7 Å². The number of aromatic nitrogens is 2. The highest BCUT2D eigenvalue weighted by Gasteiger charge is 2.71. The molecule has 6 aliphatic heterocycles. The van der Waals surface area contributed by atoms with Crippen LogP contribution < -0.4 is 11.0 Å². The van der Waals surface area contributed by atoms with Gasteiger partial charge in [0.15, 0.2) is 79.6 Å². The van der Waals surface area contributed by atoms with Crippen molar-refractivity contribution in [2.24, 2.45) is 20.0 Å². The van der Waals surface area contributed by atoms with Gasteiger partial charge in [-0.2, -0.15) is 9.13 Å². The normalized spacial score (nSPS) is 18.1. The van der Waals surface area contributed by atoms with Crippen molar-refractivity contribution in [3.63, 3.8) is 0 Å². The van der Waals surface area contributed by atoms with Gasteiger partial charge in [-0.05, 0) is 24.6 Å². The average Bonchev–Trinajstić information content (AvgIpc) is 4.00. The van der Waals surface area contributed by atoms with Crippen molar-refractivity contribution in [2.45, 2.75) is 56.3 Å². The van der Waals surface area contributed by atoms with E-state index in [0.29, 0.717) is 20.1 Å². The Morgan fingerprint density at radius 1 is 0.516 bits per heavy atom. The van der Waals surface area contributed by atoms with Gasteiger partial charge in [-0.3, -0.25) is 0 Å². The first-order chi connectivity index (χ1) is 30.5. The van der Waals surface area contributed by atoms with Crippen LogP contribution in [0.3, 0.4) is 0 Å². The molecule has 0 radical (unpaired) electrons. The third-order valence-electron chi connectivity index (χ3n) is 12.5. The summed E-state index contributed by atoms with van der Waals surface area (Å²) in [7, 11) is -4.11. The molecule has 324 valence electrons. The van der Waals surface area contributed by atoms with Crippen LogP contribution in [0.5, 0.6) is 0 Å². The maximum absolute atomic E-state index is 16.4. The summed E-state index contributed by atoms with van der Waals surface area (Å²) in [5, 5.41) is -2.73. The largest absolute Gasteiger partial charge is 0.404 e. The number of sulfone groups is 1. The van der Waals surface area contributed by atoms with Crippen molar-refractivity contribution >= 4 is 66.4 Å². The van der Waals surface area contributed by atoms with E-state index in [1.807, 2.05) is 6.92 Å². The van der Waals surface area contributed by atoms with E-state index in [9.17, 15) is 8.42 Å². The highest BCUT2D eigenvalue weighted by molar-refractivity contribution is 7.91. The van der Waals surface area contributed by atoms with Crippen molar-refractivity contribution in [3.05, 3.63) is 121 Å². The van der Waals surface area contributed by atoms with E-state index in [2.05, 4.69) is 20.0 Å². The van der Waals surface area contributed by atoms with Gasteiger partial charge in [0.2, 0.25) is 22.6 Å². The summed E-state index contributed by atoms with van der Waals surface area (Å²) in [6.07, 6.45) is 4.40. The minimum atomic E-state index is -4.11. The van der Waals surface area contributed by atoms with E-state index < -0.39 is 165 Å². The number of hydrogen-bond donors (Lipinski definition) is 0. The standard InChI is InChI=1S/C41H20F12N8O2S/c1-2-3-4-5-6-7-10-64(62,63)12-8-9-13-14(11-12)34-55-36-16-18(24(45)30(51)28(49)22(16)43)38-57-40-20-19(25(46)31(52)32(53)26(20)47)39-56-37-17-15(21(42)27(48)29(50)23(17)44)35-54-33(13)58(34)41(59(35)37,60(36)38)61(39)40/h8-9,11H,2-7,10H2,1H3/q+2/t41-/m0/s1. The summed E-state index contributed by atoms with van der Waals surface area (Å²) in [5.41, 5.74) is -5.62. The number of unbranched alkanes of at least 4 members (excludes halogenated alkanes) is 5. The second-order valence-electron chi connectivity index (χ2n) is 15.8. The summed E-state index contributed by atoms with van der Waals surface area (Å²) in [4.78, 5) is 17.1. The molecular formula is C41H20F12N8O2S+2. The van der Waals surface area contributed by atoms with Gasteiger partial charge < -0.3 is 0 Å². The number of nitrogens with zero attached hydrogens (tertiary/aromatic N) is 8. The SMILES string of the molecule is CCCCCCCCS(=O)(=O)c1ccc2c3n4c(c2c1)=NC1=[N+]2C(=Nc5c6c(F)c(F)c(F)c(F)c6c6n5[C@]42[N+]2=C(N=3)c3c(F)c(F)c(F)c(F)c3C2=N6)c2c(F)c(F)c(F)c(F)c21. The summed E-state index contributed by atoms with van der Waals surface area (Å²) >= 11 is 0. The molecule has 6 aliphatic rings. The summed E-state index contributed by atoms with van der Waals surface area (Å²) in [6.45, 7) is 2.02. The molecule has 6 aromatic rings. The molecule has 1 atom stereocenters. The van der Waals surface area contributed by atoms with Crippen LogP contribution in [0.25, 0.3) is 21.5 Å². The van der Waals surface area contributed by atoms with Gasteiger partial charge in [-0.15, -0.1) is 9.15 Å². The molecule has 10 nitrogen and oxygen atoms in total. The van der Waals surface area contributed by atoms with E-state index in [1.54, 1.807) is 0 Å². The number of rotatable bonds is 8. The average molecular weight is 917 g/mol. The molecule has 0 saturated carbocycles.